The maximum atomic E-state index is 2.56. The predicted molar refractivity (Wildman–Crippen MR) is 258 cm³/mol. The normalized spacial score (nSPS) is 16.2. The fourth-order valence-corrected chi connectivity index (χ4v) is 12.9. The second kappa shape index (κ2) is 13.3. The molecular formula is C58H49NS. The van der Waals surface area contributed by atoms with Gasteiger partial charge in [-0.05, 0) is 122 Å². The highest BCUT2D eigenvalue weighted by atomic mass is 32.1. The molecule has 1 saturated carbocycles. The van der Waals surface area contributed by atoms with Gasteiger partial charge in [-0.3, -0.25) is 0 Å². The number of hydrogen-bond donors (Lipinski definition) is 0. The van der Waals surface area contributed by atoms with Crippen molar-refractivity contribution < 1.29 is 0 Å². The smallest absolute Gasteiger partial charge is 0.0546 e. The standard InChI is InChI=1S/C58H49NS/c1-57(2)50-24-13-11-20-44(50)48-34-39(28-31-51(48)57)59(40-27-30-46-47-22-14-21-42(36-15-6-5-7-16-36)56(47)60-54(46)35-40)53-32-26-37-17-8-9-18-41(37)55(53)38-25-29-45-43-19-10-12-23-49(43)58(3,4)52(45)33-38/h8-14,17-36H,5-7,15-16H2,1-4H3. The van der Waals surface area contributed by atoms with E-state index in [4.69, 9.17) is 0 Å². The molecule has 0 radical (unpaired) electrons. The minimum atomic E-state index is -0.102. The van der Waals surface area contributed by atoms with Gasteiger partial charge in [0, 0.05) is 47.9 Å². The third-order valence-electron chi connectivity index (χ3n) is 14.7. The zero-order valence-electron chi connectivity index (χ0n) is 35.0. The van der Waals surface area contributed by atoms with Crippen molar-refractivity contribution in [3.63, 3.8) is 0 Å². The Balaban J connectivity index is 1.11. The largest absolute Gasteiger partial charge is 0.310 e. The van der Waals surface area contributed by atoms with Crippen molar-refractivity contribution in [3.8, 4) is 33.4 Å². The van der Waals surface area contributed by atoms with Crippen molar-refractivity contribution in [2.24, 2.45) is 0 Å². The summed E-state index contributed by atoms with van der Waals surface area (Å²) in [5.41, 5.74) is 18.4. The Hall–Kier alpha value is -5.96. The van der Waals surface area contributed by atoms with Gasteiger partial charge in [0.2, 0.25) is 0 Å². The molecule has 12 rings (SSSR count). The number of anilines is 3. The Bertz CT molecular complexity index is 3210. The highest BCUT2D eigenvalue weighted by Gasteiger charge is 2.37. The molecule has 9 aromatic rings. The van der Waals surface area contributed by atoms with Crippen LogP contribution in [0, 0.1) is 0 Å². The number of hydrogen-bond acceptors (Lipinski definition) is 2. The SMILES string of the molecule is CC1(C)c2ccccc2-c2cc(N(c3ccc4c(c3)sc3c(C5CCCCC5)cccc34)c3ccc4ccccc4c3-c3ccc4c(c3)C(C)(C)c3ccccc3-4)ccc21. The molecule has 0 saturated heterocycles. The number of benzene rings is 8. The first kappa shape index (κ1) is 35.9. The highest BCUT2D eigenvalue weighted by Crippen LogP contribution is 2.54. The van der Waals surface area contributed by atoms with E-state index in [0.29, 0.717) is 5.92 Å². The third-order valence-corrected chi connectivity index (χ3v) is 15.9. The first-order valence-corrected chi connectivity index (χ1v) is 22.9. The summed E-state index contributed by atoms with van der Waals surface area (Å²) in [6.45, 7) is 9.53. The molecule has 1 nitrogen and oxygen atoms in total. The average molecular weight is 792 g/mol. The van der Waals surface area contributed by atoms with Crippen molar-refractivity contribution in [2.45, 2.75) is 76.5 Å². The molecule has 0 bridgehead atoms. The maximum absolute atomic E-state index is 2.56. The van der Waals surface area contributed by atoms with E-state index in [9.17, 15) is 0 Å². The van der Waals surface area contributed by atoms with Gasteiger partial charge in [0.15, 0.2) is 0 Å². The van der Waals surface area contributed by atoms with Gasteiger partial charge in [-0.1, -0.05) is 168 Å². The minimum absolute atomic E-state index is 0.0653. The van der Waals surface area contributed by atoms with Crippen molar-refractivity contribution in [1.29, 1.82) is 0 Å². The molecule has 1 heterocycles. The molecule has 0 unspecified atom stereocenters. The van der Waals surface area contributed by atoms with Crippen LogP contribution in [-0.4, -0.2) is 0 Å². The van der Waals surface area contributed by atoms with Gasteiger partial charge < -0.3 is 4.90 Å². The summed E-state index contributed by atoms with van der Waals surface area (Å²) in [7, 11) is 0. The fraction of sp³-hybridized carbons (Fsp3) is 0.207. The molecule has 0 amide bonds. The molecule has 1 aromatic heterocycles. The van der Waals surface area contributed by atoms with Crippen molar-refractivity contribution in [2.75, 3.05) is 4.90 Å². The number of fused-ring (bicyclic) bond motifs is 10. The third kappa shape index (κ3) is 5.23. The Labute approximate surface area is 358 Å². The Morgan fingerprint density at radius 1 is 0.483 bits per heavy atom. The first-order chi connectivity index (χ1) is 29.3. The summed E-state index contributed by atoms with van der Waals surface area (Å²) < 4.78 is 2.83. The van der Waals surface area contributed by atoms with E-state index >= 15 is 0 Å². The van der Waals surface area contributed by atoms with Crippen LogP contribution >= 0.6 is 11.3 Å². The van der Waals surface area contributed by atoms with Crippen LogP contribution in [0.4, 0.5) is 17.1 Å². The molecule has 0 aliphatic heterocycles. The van der Waals surface area contributed by atoms with Gasteiger partial charge in [-0.2, -0.15) is 0 Å². The zero-order valence-corrected chi connectivity index (χ0v) is 35.8. The van der Waals surface area contributed by atoms with Crippen LogP contribution in [0.25, 0.3) is 64.3 Å². The summed E-state index contributed by atoms with van der Waals surface area (Å²) in [5.74, 6) is 0.662. The molecule has 1 fully saturated rings. The lowest BCUT2D eigenvalue weighted by molar-refractivity contribution is 0.446. The van der Waals surface area contributed by atoms with Gasteiger partial charge in [-0.25, -0.2) is 0 Å². The Kier molecular flexibility index (Phi) is 7.95. The lowest BCUT2D eigenvalue weighted by Crippen LogP contribution is -2.16. The van der Waals surface area contributed by atoms with Gasteiger partial charge in [0.1, 0.15) is 0 Å². The molecule has 292 valence electrons. The van der Waals surface area contributed by atoms with Gasteiger partial charge >= 0.3 is 0 Å². The first-order valence-electron chi connectivity index (χ1n) is 22.0. The van der Waals surface area contributed by atoms with E-state index in [2.05, 4.69) is 190 Å². The molecule has 0 spiro atoms. The van der Waals surface area contributed by atoms with E-state index in [1.807, 2.05) is 11.3 Å². The van der Waals surface area contributed by atoms with Crippen LogP contribution < -0.4 is 4.90 Å². The number of rotatable bonds is 5. The van der Waals surface area contributed by atoms with Gasteiger partial charge in [0.25, 0.3) is 0 Å². The maximum Gasteiger partial charge on any atom is 0.0546 e. The van der Waals surface area contributed by atoms with E-state index in [0.717, 1.165) is 0 Å². The summed E-state index contributed by atoms with van der Waals surface area (Å²) in [6.07, 6.45) is 6.67. The summed E-state index contributed by atoms with van der Waals surface area (Å²) >= 11 is 2.00. The second-order valence-corrected chi connectivity index (χ2v) is 19.7. The molecule has 2 heteroatoms. The van der Waals surface area contributed by atoms with Crippen molar-refractivity contribution in [3.05, 3.63) is 186 Å². The van der Waals surface area contributed by atoms with Gasteiger partial charge in [0.05, 0.1) is 5.69 Å². The fourth-order valence-electron chi connectivity index (χ4n) is 11.6. The number of nitrogens with zero attached hydrogens (tertiary/aromatic N) is 1. The quantitative estimate of drug-likeness (QED) is 0.168. The number of thiophene rings is 1. The highest BCUT2D eigenvalue weighted by molar-refractivity contribution is 7.26. The summed E-state index contributed by atoms with van der Waals surface area (Å²) in [5, 5.41) is 5.28. The van der Waals surface area contributed by atoms with Crippen LogP contribution in [0.1, 0.15) is 93.5 Å². The predicted octanol–water partition coefficient (Wildman–Crippen LogP) is 17.0. The van der Waals surface area contributed by atoms with Gasteiger partial charge in [-0.15, -0.1) is 11.3 Å². The van der Waals surface area contributed by atoms with Crippen molar-refractivity contribution in [1.82, 2.24) is 0 Å². The Morgan fingerprint density at radius 3 is 1.95 bits per heavy atom. The molecule has 3 aliphatic rings. The van der Waals surface area contributed by atoms with E-state index in [-0.39, 0.29) is 10.8 Å². The van der Waals surface area contributed by atoms with Crippen molar-refractivity contribution >= 4 is 59.3 Å². The van der Waals surface area contributed by atoms with Crippen LogP contribution in [0.2, 0.25) is 0 Å². The van der Waals surface area contributed by atoms with E-state index < -0.39 is 0 Å². The zero-order chi connectivity index (χ0) is 40.3. The minimum Gasteiger partial charge on any atom is -0.310 e. The topological polar surface area (TPSA) is 3.24 Å². The molecule has 0 atom stereocenters. The molecule has 0 N–H and O–H groups in total. The molecular weight excluding hydrogens is 743 g/mol. The molecule has 3 aliphatic carbocycles. The van der Waals surface area contributed by atoms with Crippen LogP contribution in [-0.2, 0) is 10.8 Å². The Morgan fingerprint density at radius 2 is 1.13 bits per heavy atom. The van der Waals surface area contributed by atoms with E-state index in [1.54, 1.807) is 5.56 Å². The molecule has 8 aromatic carbocycles. The van der Waals surface area contributed by atoms with E-state index in [1.165, 1.54) is 136 Å². The van der Waals surface area contributed by atoms with Crippen LogP contribution in [0.5, 0.6) is 0 Å². The van der Waals surface area contributed by atoms with Crippen LogP contribution in [0.15, 0.2) is 158 Å². The second-order valence-electron chi connectivity index (χ2n) is 18.7. The molecule has 60 heavy (non-hydrogen) atoms. The summed E-state index contributed by atoms with van der Waals surface area (Å²) in [4.78, 5) is 2.56. The summed E-state index contributed by atoms with van der Waals surface area (Å²) in [6, 6.07) is 60.5. The lowest BCUT2D eigenvalue weighted by Gasteiger charge is -2.30. The average Bonchev–Trinajstić information content (AvgIpc) is 3.86. The monoisotopic (exact) mass is 791 g/mol. The lowest BCUT2D eigenvalue weighted by atomic mass is 9.81. The van der Waals surface area contributed by atoms with Crippen LogP contribution in [0.3, 0.4) is 0 Å².